The summed E-state index contributed by atoms with van der Waals surface area (Å²) in [4.78, 5) is 12.6. The molecule has 1 aromatic carbocycles. The lowest BCUT2D eigenvalue weighted by atomic mass is 10.1. The predicted octanol–water partition coefficient (Wildman–Crippen LogP) is 2.00. The van der Waals surface area contributed by atoms with Gasteiger partial charge in [0.05, 0.1) is 33.5 Å². The van der Waals surface area contributed by atoms with Gasteiger partial charge in [-0.15, -0.1) is 0 Å². The molecule has 2 heterocycles. The number of nitrogens with one attached hydrogen (secondary N) is 1. The standard InChI is InChI=1S/C17H20FN3O4/c1-23-8-6-21-14-5-7-25-10-12(14)16(20-21)17(22)19-11-3-4-15(24-2)13(18)9-11/h3-4,9H,5-8,10H2,1-2H3,(H,19,22). The van der Waals surface area contributed by atoms with E-state index in [0.29, 0.717) is 44.2 Å². The first kappa shape index (κ1) is 17.4. The van der Waals surface area contributed by atoms with Gasteiger partial charge in [0.15, 0.2) is 17.3 Å². The number of amides is 1. The molecule has 0 unspecified atom stereocenters. The summed E-state index contributed by atoms with van der Waals surface area (Å²) in [5.41, 5.74) is 2.38. The molecular formula is C17H20FN3O4. The third-order valence-electron chi connectivity index (χ3n) is 4.03. The number of fused-ring (bicyclic) bond motifs is 1. The number of hydrogen-bond donors (Lipinski definition) is 1. The number of ether oxygens (including phenoxy) is 3. The molecule has 0 saturated heterocycles. The fourth-order valence-electron chi connectivity index (χ4n) is 2.79. The number of rotatable bonds is 6. The number of nitrogens with zero attached hydrogens (tertiary/aromatic N) is 2. The normalized spacial score (nSPS) is 13.4. The summed E-state index contributed by atoms with van der Waals surface area (Å²) in [7, 11) is 3.00. The molecule has 0 spiro atoms. The summed E-state index contributed by atoms with van der Waals surface area (Å²) < 4.78 is 31.0. The van der Waals surface area contributed by atoms with Crippen LogP contribution in [0.15, 0.2) is 18.2 Å². The Balaban J connectivity index is 1.84. The Hall–Kier alpha value is -2.45. The summed E-state index contributed by atoms with van der Waals surface area (Å²) in [6, 6.07) is 4.24. The van der Waals surface area contributed by atoms with Crippen LogP contribution in [-0.4, -0.2) is 43.1 Å². The molecule has 0 atom stereocenters. The van der Waals surface area contributed by atoms with Gasteiger partial charge < -0.3 is 19.5 Å². The highest BCUT2D eigenvalue weighted by Gasteiger charge is 2.25. The Labute approximate surface area is 144 Å². The Morgan fingerprint density at radius 2 is 2.28 bits per heavy atom. The topological polar surface area (TPSA) is 74.6 Å². The zero-order valence-electron chi connectivity index (χ0n) is 14.2. The number of benzene rings is 1. The van der Waals surface area contributed by atoms with Gasteiger partial charge in [-0.2, -0.15) is 5.10 Å². The molecule has 1 N–H and O–H groups in total. The van der Waals surface area contributed by atoms with Crippen molar-refractivity contribution in [3.63, 3.8) is 0 Å². The van der Waals surface area contributed by atoms with Gasteiger partial charge >= 0.3 is 0 Å². The van der Waals surface area contributed by atoms with Crippen LogP contribution in [0.25, 0.3) is 0 Å². The lowest BCUT2D eigenvalue weighted by molar-refractivity contribution is 0.0983. The second-order valence-electron chi connectivity index (χ2n) is 5.60. The molecule has 25 heavy (non-hydrogen) atoms. The van der Waals surface area contributed by atoms with Crippen molar-refractivity contribution >= 4 is 11.6 Å². The first-order chi connectivity index (χ1) is 12.1. The van der Waals surface area contributed by atoms with Gasteiger partial charge in [0.2, 0.25) is 0 Å². The van der Waals surface area contributed by atoms with Crippen molar-refractivity contribution in [2.24, 2.45) is 0 Å². The number of halogens is 1. The third-order valence-corrected chi connectivity index (χ3v) is 4.03. The second kappa shape index (κ2) is 7.62. The molecule has 1 aliphatic heterocycles. The van der Waals surface area contributed by atoms with E-state index in [1.165, 1.54) is 19.2 Å². The molecule has 0 fully saturated rings. The van der Waals surface area contributed by atoms with Gasteiger partial charge in [0.25, 0.3) is 5.91 Å². The highest BCUT2D eigenvalue weighted by atomic mass is 19.1. The minimum Gasteiger partial charge on any atom is -0.494 e. The number of methoxy groups -OCH3 is 2. The predicted molar refractivity (Wildman–Crippen MR) is 88.4 cm³/mol. The average Bonchev–Trinajstić information content (AvgIpc) is 2.99. The SMILES string of the molecule is COCCn1nc(C(=O)Nc2ccc(OC)c(F)c2)c2c1CCOC2. The maximum absolute atomic E-state index is 13.8. The van der Waals surface area contributed by atoms with Gasteiger partial charge in [0, 0.05) is 36.5 Å². The van der Waals surface area contributed by atoms with Crippen LogP contribution < -0.4 is 10.1 Å². The Kier molecular flexibility index (Phi) is 5.30. The largest absolute Gasteiger partial charge is 0.494 e. The fourth-order valence-corrected chi connectivity index (χ4v) is 2.79. The number of carbonyl (C=O) groups excluding carboxylic acids is 1. The second-order valence-corrected chi connectivity index (χ2v) is 5.60. The van der Waals surface area contributed by atoms with E-state index in [4.69, 9.17) is 14.2 Å². The van der Waals surface area contributed by atoms with Crippen LogP contribution in [-0.2, 0) is 29.0 Å². The first-order valence-corrected chi connectivity index (χ1v) is 7.94. The lowest BCUT2D eigenvalue weighted by Crippen LogP contribution is -2.17. The van der Waals surface area contributed by atoms with Crippen LogP contribution in [0.4, 0.5) is 10.1 Å². The Morgan fingerprint density at radius 3 is 3.00 bits per heavy atom. The number of hydrogen-bond acceptors (Lipinski definition) is 5. The molecular weight excluding hydrogens is 329 g/mol. The fraction of sp³-hybridized carbons (Fsp3) is 0.412. The molecule has 0 saturated carbocycles. The molecule has 0 bridgehead atoms. The minimum atomic E-state index is -0.545. The van der Waals surface area contributed by atoms with Crippen molar-refractivity contribution < 1.29 is 23.4 Å². The van der Waals surface area contributed by atoms with E-state index in [0.717, 1.165) is 11.3 Å². The zero-order valence-corrected chi connectivity index (χ0v) is 14.2. The van der Waals surface area contributed by atoms with E-state index in [2.05, 4.69) is 10.4 Å². The van der Waals surface area contributed by atoms with E-state index in [-0.39, 0.29) is 5.75 Å². The highest BCUT2D eigenvalue weighted by molar-refractivity contribution is 6.04. The van der Waals surface area contributed by atoms with E-state index < -0.39 is 11.7 Å². The number of aromatic nitrogens is 2. The summed E-state index contributed by atoms with van der Waals surface area (Å²) in [5.74, 6) is -0.827. The maximum atomic E-state index is 13.8. The first-order valence-electron chi connectivity index (χ1n) is 7.94. The van der Waals surface area contributed by atoms with Crippen molar-refractivity contribution in [1.29, 1.82) is 0 Å². The van der Waals surface area contributed by atoms with E-state index in [1.807, 2.05) is 0 Å². The third kappa shape index (κ3) is 3.64. The minimum absolute atomic E-state index is 0.118. The van der Waals surface area contributed by atoms with Gasteiger partial charge in [0.1, 0.15) is 0 Å². The monoisotopic (exact) mass is 349 g/mol. The smallest absolute Gasteiger partial charge is 0.276 e. The highest BCUT2D eigenvalue weighted by Crippen LogP contribution is 2.24. The van der Waals surface area contributed by atoms with Crippen LogP contribution in [0.5, 0.6) is 5.75 Å². The molecule has 134 valence electrons. The van der Waals surface area contributed by atoms with Crippen molar-refractivity contribution in [1.82, 2.24) is 9.78 Å². The summed E-state index contributed by atoms with van der Waals surface area (Å²) in [6.07, 6.45) is 0.691. The van der Waals surface area contributed by atoms with Gasteiger partial charge in [-0.05, 0) is 12.1 Å². The number of anilines is 1. The molecule has 3 rings (SSSR count). The van der Waals surface area contributed by atoms with Gasteiger partial charge in [-0.1, -0.05) is 0 Å². The Bertz CT molecular complexity index is 775. The van der Waals surface area contributed by atoms with Crippen molar-refractivity contribution in [3.05, 3.63) is 41.0 Å². The molecule has 1 amide bonds. The summed E-state index contributed by atoms with van der Waals surface area (Å²) >= 11 is 0. The van der Waals surface area contributed by atoms with Crippen LogP contribution >= 0.6 is 0 Å². The zero-order chi connectivity index (χ0) is 17.8. The molecule has 2 aromatic rings. The van der Waals surface area contributed by atoms with Crippen LogP contribution in [0.1, 0.15) is 21.7 Å². The van der Waals surface area contributed by atoms with Crippen LogP contribution in [0.2, 0.25) is 0 Å². The summed E-state index contributed by atoms with van der Waals surface area (Å²) in [6.45, 7) is 1.99. The van der Waals surface area contributed by atoms with Gasteiger partial charge in [-0.3, -0.25) is 9.48 Å². The summed E-state index contributed by atoms with van der Waals surface area (Å²) in [5, 5.41) is 7.08. The van der Waals surface area contributed by atoms with Crippen LogP contribution in [0.3, 0.4) is 0 Å². The quantitative estimate of drug-likeness (QED) is 0.863. The van der Waals surface area contributed by atoms with Crippen LogP contribution in [0, 0.1) is 5.82 Å². The van der Waals surface area contributed by atoms with E-state index in [1.54, 1.807) is 17.9 Å². The Morgan fingerprint density at radius 1 is 1.44 bits per heavy atom. The van der Waals surface area contributed by atoms with E-state index in [9.17, 15) is 9.18 Å². The molecule has 8 heteroatoms. The van der Waals surface area contributed by atoms with Gasteiger partial charge in [-0.25, -0.2) is 4.39 Å². The van der Waals surface area contributed by atoms with Crippen molar-refractivity contribution in [3.8, 4) is 5.75 Å². The molecule has 0 radical (unpaired) electrons. The number of carbonyl (C=O) groups is 1. The molecule has 1 aromatic heterocycles. The van der Waals surface area contributed by atoms with Crippen molar-refractivity contribution in [2.45, 2.75) is 19.6 Å². The van der Waals surface area contributed by atoms with Crippen molar-refractivity contribution in [2.75, 3.05) is 32.8 Å². The lowest BCUT2D eigenvalue weighted by Gasteiger charge is -2.15. The average molecular weight is 349 g/mol. The molecule has 7 nitrogen and oxygen atoms in total. The maximum Gasteiger partial charge on any atom is 0.276 e. The molecule has 0 aliphatic carbocycles. The van der Waals surface area contributed by atoms with E-state index >= 15 is 0 Å². The molecule has 1 aliphatic rings.